The molecular formula is C10H22O6S. The number of ether oxygens (including phenoxy) is 2. The average molecular weight is 270 g/mol. The smallest absolute Gasteiger partial charge is 0.186 e. The Balaban J connectivity index is 4.25. The molecule has 104 valence electrons. The predicted octanol–water partition coefficient (Wildman–Crippen LogP) is -1.24. The van der Waals surface area contributed by atoms with E-state index in [0.29, 0.717) is 18.8 Å². The van der Waals surface area contributed by atoms with Gasteiger partial charge in [-0.1, -0.05) is 0 Å². The molecule has 0 aromatic heterocycles. The zero-order valence-corrected chi connectivity index (χ0v) is 10.8. The van der Waals surface area contributed by atoms with Gasteiger partial charge in [0, 0.05) is 0 Å². The molecule has 0 aliphatic carbocycles. The lowest BCUT2D eigenvalue weighted by Gasteiger charge is -2.27. The van der Waals surface area contributed by atoms with Crippen molar-refractivity contribution in [2.75, 3.05) is 25.6 Å². The molecule has 0 aliphatic heterocycles. The van der Waals surface area contributed by atoms with Gasteiger partial charge in [-0.05, 0) is 19.1 Å². The highest BCUT2D eigenvalue weighted by atomic mass is 32.1. The summed E-state index contributed by atoms with van der Waals surface area (Å²) < 4.78 is 10.4. The largest absolute Gasteiger partial charge is 0.394 e. The van der Waals surface area contributed by atoms with E-state index in [9.17, 15) is 10.2 Å². The van der Waals surface area contributed by atoms with Crippen molar-refractivity contribution in [3.05, 3.63) is 0 Å². The first kappa shape index (κ1) is 17.1. The molecule has 0 spiro atoms. The fraction of sp³-hybridized carbons (Fsp3) is 1.00. The van der Waals surface area contributed by atoms with Crippen LogP contribution in [0.1, 0.15) is 13.3 Å². The van der Waals surface area contributed by atoms with Crippen LogP contribution in [-0.4, -0.2) is 70.6 Å². The molecule has 0 aromatic carbocycles. The average Bonchev–Trinajstić information content (AvgIpc) is 2.32. The molecule has 0 aliphatic rings. The van der Waals surface area contributed by atoms with Gasteiger partial charge in [-0.15, -0.1) is 0 Å². The van der Waals surface area contributed by atoms with Crippen molar-refractivity contribution >= 4 is 12.6 Å². The maximum Gasteiger partial charge on any atom is 0.186 e. The summed E-state index contributed by atoms with van der Waals surface area (Å²) in [7, 11) is 0. The summed E-state index contributed by atoms with van der Waals surface area (Å²) in [5, 5.41) is 36.6. The summed E-state index contributed by atoms with van der Waals surface area (Å²) >= 11 is 4.01. The fourth-order valence-corrected chi connectivity index (χ4v) is 1.20. The maximum absolute atomic E-state index is 9.46. The van der Waals surface area contributed by atoms with E-state index in [-0.39, 0.29) is 0 Å². The van der Waals surface area contributed by atoms with Gasteiger partial charge in [-0.2, -0.15) is 12.6 Å². The van der Waals surface area contributed by atoms with Gasteiger partial charge in [-0.3, -0.25) is 0 Å². The van der Waals surface area contributed by atoms with Crippen LogP contribution in [0.25, 0.3) is 0 Å². The molecule has 0 saturated carbocycles. The van der Waals surface area contributed by atoms with Crippen molar-refractivity contribution in [1.82, 2.24) is 0 Å². The maximum atomic E-state index is 9.46. The molecule has 7 heteroatoms. The highest BCUT2D eigenvalue weighted by molar-refractivity contribution is 7.80. The third-order valence-corrected chi connectivity index (χ3v) is 2.43. The highest BCUT2D eigenvalue weighted by Gasteiger charge is 2.26. The number of hydrogen-bond acceptors (Lipinski definition) is 7. The number of rotatable bonds is 10. The summed E-state index contributed by atoms with van der Waals surface area (Å²) in [5.41, 5.74) is 0. The first-order valence-electron chi connectivity index (χ1n) is 5.52. The molecule has 0 saturated heterocycles. The summed E-state index contributed by atoms with van der Waals surface area (Å²) in [6, 6.07) is 0. The molecule has 0 heterocycles. The molecule has 2 unspecified atom stereocenters. The standard InChI is InChI=1S/C10H22O6S/c1-7(13)9(6-12)16-10(8(14)5-11)15-3-2-4-17/h7-14,17H,2-6H2,1H3/t7-,8-,9?,10?/m0/s1. The zero-order chi connectivity index (χ0) is 13.3. The van der Waals surface area contributed by atoms with E-state index in [2.05, 4.69) is 12.6 Å². The molecule has 4 N–H and O–H groups in total. The molecule has 17 heavy (non-hydrogen) atoms. The Kier molecular flexibility index (Phi) is 10.1. The Morgan fingerprint density at radius 1 is 1.18 bits per heavy atom. The monoisotopic (exact) mass is 270 g/mol. The van der Waals surface area contributed by atoms with Gasteiger partial charge in [0.1, 0.15) is 12.2 Å². The van der Waals surface area contributed by atoms with Crippen molar-refractivity contribution < 1.29 is 29.9 Å². The summed E-state index contributed by atoms with van der Waals surface area (Å²) in [6.45, 7) is 0.839. The molecule has 0 rings (SSSR count). The summed E-state index contributed by atoms with van der Waals surface area (Å²) in [4.78, 5) is 0. The Morgan fingerprint density at radius 3 is 2.24 bits per heavy atom. The van der Waals surface area contributed by atoms with Crippen LogP contribution in [0.5, 0.6) is 0 Å². The number of thiol groups is 1. The Labute approximate surface area is 107 Å². The SMILES string of the molecule is C[C@H](O)C(CO)OC(OCCCS)[C@@H](O)CO. The van der Waals surface area contributed by atoms with Gasteiger partial charge in [0.05, 0.1) is 25.9 Å². The van der Waals surface area contributed by atoms with Gasteiger partial charge in [0.25, 0.3) is 0 Å². The van der Waals surface area contributed by atoms with E-state index < -0.39 is 37.8 Å². The lowest BCUT2D eigenvalue weighted by Crippen LogP contribution is -2.42. The fourth-order valence-electron chi connectivity index (χ4n) is 1.07. The van der Waals surface area contributed by atoms with E-state index in [1.54, 1.807) is 0 Å². The Morgan fingerprint density at radius 2 is 1.82 bits per heavy atom. The molecule has 0 bridgehead atoms. The van der Waals surface area contributed by atoms with E-state index in [4.69, 9.17) is 19.7 Å². The van der Waals surface area contributed by atoms with Crippen molar-refractivity contribution in [2.24, 2.45) is 0 Å². The van der Waals surface area contributed by atoms with Crippen LogP contribution in [0.4, 0.5) is 0 Å². The van der Waals surface area contributed by atoms with Crippen molar-refractivity contribution in [3.63, 3.8) is 0 Å². The van der Waals surface area contributed by atoms with Crippen molar-refractivity contribution in [2.45, 2.75) is 37.9 Å². The highest BCUT2D eigenvalue weighted by Crippen LogP contribution is 2.09. The minimum absolute atomic E-state index is 0.309. The lowest BCUT2D eigenvalue weighted by atomic mass is 10.2. The quantitative estimate of drug-likeness (QED) is 0.193. The minimum Gasteiger partial charge on any atom is -0.394 e. The van der Waals surface area contributed by atoms with Gasteiger partial charge in [-0.25, -0.2) is 0 Å². The third kappa shape index (κ3) is 7.20. The third-order valence-electron chi connectivity index (χ3n) is 2.11. The normalized spacial score (nSPS) is 18.7. The van der Waals surface area contributed by atoms with Gasteiger partial charge in [0.2, 0.25) is 0 Å². The molecule has 0 aromatic rings. The van der Waals surface area contributed by atoms with Crippen molar-refractivity contribution in [3.8, 4) is 0 Å². The first-order chi connectivity index (χ1) is 8.06. The van der Waals surface area contributed by atoms with Crippen LogP contribution < -0.4 is 0 Å². The van der Waals surface area contributed by atoms with Crippen LogP contribution in [0.15, 0.2) is 0 Å². The first-order valence-corrected chi connectivity index (χ1v) is 6.15. The molecule has 6 nitrogen and oxygen atoms in total. The second-order valence-electron chi connectivity index (χ2n) is 3.66. The number of hydrogen-bond donors (Lipinski definition) is 5. The predicted molar refractivity (Wildman–Crippen MR) is 64.9 cm³/mol. The topological polar surface area (TPSA) is 99.4 Å². The van der Waals surface area contributed by atoms with Crippen LogP contribution in [0, 0.1) is 0 Å². The zero-order valence-electron chi connectivity index (χ0n) is 9.90. The van der Waals surface area contributed by atoms with E-state index in [1.165, 1.54) is 6.92 Å². The Hall–Kier alpha value is 0.110. The summed E-state index contributed by atoms with van der Waals surface area (Å²) in [6.07, 6.45) is -3.40. The van der Waals surface area contributed by atoms with E-state index in [0.717, 1.165) is 0 Å². The van der Waals surface area contributed by atoms with E-state index >= 15 is 0 Å². The molecule has 0 radical (unpaired) electrons. The minimum atomic E-state index is -1.22. The molecular weight excluding hydrogens is 248 g/mol. The lowest BCUT2D eigenvalue weighted by molar-refractivity contribution is -0.240. The molecule has 4 atom stereocenters. The van der Waals surface area contributed by atoms with Gasteiger partial charge >= 0.3 is 0 Å². The van der Waals surface area contributed by atoms with Gasteiger partial charge in [0.15, 0.2) is 6.29 Å². The van der Waals surface area contributed by atoms with Crippen LogP contribution in [-0.2, 0) is 9.47 Å². The number of aliphatic hydroxyl groups excluding tert-OH is 4. The molecule has 0 amide bonds. The van der Waals surface area contributed by atoms with Crippen LogP contribution in [0.3, 0.4) is 0 Å². The van der Waals surface area contributed by atoms with Gasteiger partial charge < -0.3 is 29.9 Å². The van der Waals surface area contributed by atoms with E-state index in [1.807, 2.05) is 0 Å². The summed E-state index contributed by atoms with van der Waals surface area (Å²) in [5.74, 6) is 0.627. The molecule has 0 fully saturated rings. The second-order valence-corrected chi connectivity index (χ2v) is 4.11. The number of aliphatic hydroxyl groups is 4. The van der Waals surface area contributed by atoms with Crippen LogP contribution in [0.2, 0.25) is 0 Å². The second kappa shape index (κ2) is 10.1. The Bertz CT molecular complexity index is 180. The van der Waals surface area contributed by atoms with Crippen molar-refractivity contribution in [1.29, 1.82) is 0 Å². The van der Waals surface area contributed by atoms with Crippen LogP contribution >= 0.6 is 12.6 Å².